The van der Waals surface area contributed by atoms with E-state index in [1.807, 2.05) is 19.1 Å². The van der Waals surface area contributed by atoms with Crippen LogP contribution >= 0.6 is 0 Å². The van der Waals surface area contributed by atoms with Crippen molar-refractivity contribution >= 4 is 5.57 Å². The summed E-state index contributed by atoms with van der Waals surface area (Å²) in [5, 5.41) is 0. The van der Waals surface area contributed by atoms with Crippen LogP contribution in [0.25, 0.3) is 5.57 Å². The maximum atomic E-state index is 5.85. The van der Waals surface area contributed by atoms with E-state index in [9.17, 15) is 0 Å². The van der Waals surface area contributed by atoms with Crippen LogP contribution in [0.3, 0.4) is 0 Å². The number of ether oxygens (including phenoxy) is 1. The minimum Gasteiger partial charge on any atom is -0.494 e. The molecule has 0 bridgehead atoms. The van der Waals surface area contributed by atoms with Gasteiger partial charge in [-0.3, -0.25) is 0 Å². The Kier molecular flexibility index (Phi) is 3.07. The van der Waals surface area contributed by atoms with E-state index < -0.39 is 0 Å². The van der Waals surface area contributed by atoms with Gasteiger partial charge in [0.25, 0.3) is 0 Å². The van der Waals surface area contributed by atoms with Crippen molar-refractivity contribution in [2.75, 3.05) is 6.61 Å². The van der Waals surface area contributed by atoms with Gasteiger partial charge in [-0.2, -0.15) is 0 Å². The Balaban J connectivity index is 2.21. The van der Waals surface area contributed by atoms with Crippen LogP contribution in [-0.4, -0.2) is 12.6 Å². The Labute approximate surface area is 90.7 Å². The van der Waals surface area contributed by atoms with Gasteiger partial charge in [0.15, 0.2) is 0 Å². The Hall–Kier alpha value is -1.28. The van der Waals surface area contributed by atoms with Gasteiger partial charge in [-0.15, -0.1) is 0 Å². The summed E-state index contributed by atoms with van der Waals surface area (Å²) in [6.45, 7) is 2.71. The summed E-state index contributed by atoms with van der Waals surface area (Å²) in [5.41, 5.74) is 8.45. The van der Waals surface area contributed by atoms with Crippen molar-refractivity contribution < 1.29 is 4.74 Å². The van der Waals surface area contributed by atoms with Crippen LogP contribution in [0, 0.1) is 0 Å². The van der Waals surface area contributed by atoms with E-state index in [1.54, 1.807) is 0 Å². The van der Waals surface area contributed by atoms with Crippen molar-refractivity contribution in [3.63, 3.8) is 0 Å². The van der Waals surface area contributed by atoms with Gasteiger partial charge < -0.3 is 10.5 Å². The van der Waals surface area contributed by atoms with E-state index in [0.717, 1.165) is 18.6 Å². The minimum absolute atomic E-state index is 0.232. The largest absolute Gasteiger partial charge is 0.494 e. The van der Waals surface area contributed by atoms with Crippen LogP contribution in [0.1, 0.15) is 25.3 Å². The summed E-state index contributed by atoms with van der Waals surface area (Å²) in [6.07, 6.45) is 4.30. The molecule has 2 heteroatoms. The Bertz CT molecular complexity index is 371. The molecule has 1 aromatic carbocycles. The van der Waals surface area contributed by atoms with Gasteiger partial charge >= 0.3 is 0 Å². The molecular formula is C13H17NO. The summed E-state index contributed by atoms with van der Waals surface area (Å²) in [4.78, 5) is 0. The molecule has 1 atom stereocenters. The van der Waals surface area contributed by atoms with E-state index in [4.69, 9.17) is 10.5 Å². The lowest BCUT2D eigenvalue weighted by atomic mass is 10.1. The normalized spacial score (nSPS) is 20.1. The molecule has 2 rings (SSSR count). The van der Waals surface area contributed by atoms with Gasteiger partial charge in [-0.1, -0.05) is 18.2 Å². The zero-order chi connectivity index (χ0) is 10.7. The maximum Gasteiger partial charge on any atom is 0.119 e. The highest BCUT2D eigenvalue weighted by Crippen LogP contribution is 2.29. The molecule has 0 amide bonds. The number of nitrogens with two attached hydrogens (primary N) is 1. The lowest BCUT2D eigenvalue weighted by molar-refractivity contribution is 0.340. The fraction of sp³-hybridized carbons (Fsp3) is 0.385. The average molecular weight is 203 g/mol. The molecule has 0 heterocycles. The Morgan fingerprint density at radius 3 is 3.00 bits per heavy atom. The number of rotatable bonds is 3. The van der Waals surface area contributed by atoms with Gasteiger partial charge in [-0.05, 0) is 43.0 Å². The first-order valence-corrected chi connectivity index (χ1v) is 5.49. The first-order chi connectivity index (χ1) is 7.29. The second-order valence-electron chi connectivity index (χ2n) is 3.86. The van der Waals surface area contributed by atoms with E-state index in [1.165, 1.54) is 11.1 Å². The highest BCUT2D eigenvalue weighted by atomic mass is 16.5. The van der Waals surface area contributed by atoms with Gasteiger partial charge in [-0.25, -0.2) is 0 Å². The molecule has 0 radical (unpaired) electrons. The van der Waals surface area contributed by atoms with Gasteiger partial charge in [0.1, 0.15) is 5.75 Å². The molecule has 0 aromatic heterocycles. The molecule has 1 unspecified atom stereocenters. The second-order valence-corrected chi connectivity index (χ2v) is 3.86. The smallest absolute Gasteiger partial charge is 0.119 e. The van der Waals surface area contributed by atoms with Crippen molar-refractivity contribution in [2.24, 2.45) is 5.73 Å². The lowest BCUT2D eigenvalue weighted by Crippen LogP contribution is -2.11. The number of hydrogen-bond donors (Lipinski definition) is 1. The standard InChI is InChI=1S/C13H17NO/c1-2-15-13-5-3-4-10(9-13)11-6-7-12(14)8-11/h3-5,8-9,12H,2,6-7,14H2,1H3. The van der Waals surface area contributed by atoms with Crippen molar-refractivity contribution in [3.8, 4) is 5.75 Å². The van der Waals surface area contributed by atoms with Crippen molar-refractivity contribution in [1.82, 2.24) is 0 Å². The first-order valence-electron chi connectivity index (χ1n) is 5.49. The molecule has 0 spiro atoms. The molecule has 1 aromatic rings. The van der Waals surface area contributed by atoms with Crippen molar-refractivity contribution in [3.05, 3.63) is 35.9 Å². The van der Waals surface area contributed by atoms with E-state index in [-0.39, 0.29) is 6.04 Å². The fourth-order valence-corrected chi connectivity index (χ4v) is 1.94. The second kappa shape index (κ2) is 4.49. The molecule has 15 heavy (non-hydrogen) atoms. The lowest BCUT2D eigenvalue weighted by Gasteiger charge is -2.06. The quantitative estimate of drug-likeness (QED) is 0.819. The summed E-state index contributed by atoms with van der Waals surface area (Å²) in [6, 6.07) is 8.46. The van der Waals surface area contributed by atoms with Gasteiger partial charge in [0, 0.05) is 6.04 Å². The third-order valence-electron chi connectivity index (χ3n) is 2.68. The predicted molar refractivity (Wildman–Crippen MR) is 62.8 cm³/mol. The molecule has 0 saturated heterocycles. The van der Waals surface area contributed by atoms with E-state index >= 15 is 0 Å². The van der Waals surface area contributed by atoms with Gasteiger partial charge in [0.2, 0.25) is 0 Å². The van der Waals surface area contributed by atoms with Crippen LogP contribution < -0.4 is 10.5 Å². The van der Waals surface area contributed by atoms with Crippen molar-refractivity contribution in [2.45, 2.75) is 25.8 Å². The molecule has 0 fully saturated rings. The number of hydrogen-bond acceptors (Lipinski definition) is 2. The van der Waals surface area contributed by atoms with Crippen LogP contribution in [0.4, 0.5) is 0 Å². The highest BCUT2D eigenvalue weighted by molar-refractivity contribution is 5.69. The van der Waals surface area contributed by atoms with E-state index in [2.05, 4.69) is 18.2 Å². The average Bonchev–Trinajstić information content (AvgIpc) is 2.66. The third-order valence-corrected chi connectivity index (χ3v) is 2.68. The Morgan fingerprint density at radius 2 is 2.33 bits per heavy atom. The predicted octanol–water partition coefficient (Wildman–Crippen LogP) is 2.59. The summed E-state index contributed by atoms with van der Waals surface area (Å²) < 4.78 is 5.47. The summed E-state index contributed by atoms with van der Waals surface area (Å²) in [7, 11) is 0. The summed E-state index contributed by atoms with van der Waals surface area (Å²) in [5.74, 6) is 0.941. The maximum absolute atomic E-state index is 5.85. The molecular weight excluding hydrogens is 186 g/mol. The molecule has 0 aliphatic heterocycles. The SMILES string of the molecule is CCOc1cccc(C2=CC(N)CC2)c1. The molecule has 2 nitrogen and oxygen atoms in total. The van der Waals surface area contributed by atoms with E-state index in [0.29, 0.717) is 6.61 Å². The number of allylic oxidation sites excluding steroid dienone is 1. The molecule has 0 saturated carbocycles. The highest BCUT2D eigenvalue weighted by Gasteiger charge is 2.13. The Morgan fingerprint density at radius 1 is 1.47 bits per heavy atom. The van der Waals surface area contributed by atoms with Crippen LogP contribution in [0.15, 0.2) is 30.3 Å². The minimum atomic E-state index is 0.232. The fourth-order valence-electron chi connectivity index (χ4n) is 1.94. The first kappa shape index (κ1) is 10.2. The zero-order valence-electron chi connectivity index (χ0n) is 9.07. The topological polar surface area (TPSA) is 35.2 Å². The third kappa shape index (κ3) is 2.39. The zero-order valence-corrected chi connectivity index (χ0v) is 9.07. The van der Waals surface area contributed by atoms with Crippen LogP contribution in [-0.2, 0) is 0 Å². The van der Waals surface area contributed by atoms with Crippen LogP contribution in [0.2, 0.25) is 0 Å². The monoisotopic (exact) mass is 203 g/mol. The number of benzene rings is 1. The van der Waals surface area contributed by atoms with Crippen LogP contribution in [0.5, 0.6) is 5.75 Å². The van der Waals surface area contributed by atoms with Gasteiger partial charge in [0.05, 0.1) is 6.61 Å². The molecule has 80 valence electrons. The van der Waals surface area contributed by atoms with Crippen molar-refractivity contribution in [1.29, 1.82) is 0 Å². The molecule has 2 N–H and O–H groups in total. The summed E-state index contributed by atoms with van der Waals surface area (Å²) >= 11 is 0. The molecule has 1 aliphatic carbocycles. The molecule has 1 aliphatic rings.